The van der Waals surface area contributed by atoms with Crippen LogP contribution in [0.15, 0.2) is 24.3 Å². The van der Waals surface area contributed by atoms with Crippen molar-refractivity contribution in [2.75, 3.05) is 13.6 Å². The minimum Gasteiger partial charge on any atom is -0.320 e. The van der Waals surface area contributed by atoms with Crippen molar-refractivity contribution in [2.24, 2.45) is 0 Å². The summed E-state index contributed by atoms with van der Waals surface area (Å²) in [6.07, 6.45) is 2.07. The summed E-state index contributed by atoms with van der Waals surface area (Å²) >= 11 is 7.50. The van der Waals surface area contributed by atoms with E-state index in [0.29, 0.717) is 0 Å². The summed E-state index contributed by atoms with van der Waals surface area (Å²) in [6, 6.07) is 7.69. The highest BCUT2D eigenvalue weighted by Gasteiger charge is 2.06. The number of nitrogens with one attached hydrogen (secondary N) is 1. The maximum atomic E-state index is 5.85. The van der Waals surface area contributed by atoms with Gasteiger partial charge in [-0.25, -0.2) is 0 Å². The monoisotopic (exact) mass is 267 g/mol. The van der Waals surface area contributed by atoms with Crippen LogP contribution in [0.5, 0.6) is 0 Å². The highest BCUT2D eigenvalue weighted by atomic mass is 35.5. The zero-order valence-electron chi connectivity index (χ0n) is 9.61. The Morgan fingerprint density at radius 2 is 2.00 bits per heavy atom. The van der Waals surface area contributed by atoms with Crippen LogP contribution in [0.4, 0.5) is 0 Å². The molecular weight excluding hydrogens is 254 g/mol. The van der Waals surface area contributed by atoms with E-state index in [-0.39, 0.29) is 0 Å². The molecule has 0 bridgehead atoms. The number of nitrogens with zero attached hydrogens (tertiary/aromatic N) is 2. The average Bonchev–Trinajstić information content (AvgIpc) is 2.79. The van der Waals surface area contributed by atoms with Crippen LogP contribution in [0.25, 0.3) is 10.6 Å². The molecule has 0 atom stereocenters. The third-order valence-electron chi connectivity index (χ3n) is 2.38. The van der Waals surface area contributed by atoms with Crippen molar-refractivity contribution in [1.82, 2.24) is 15.5 Å². The normalized spacial score (nSPS) is 10.7. The first-order valence-corrected chi connectivity index (χ1v) is 6.72. The Morgan fingerprint density at radius 1 is 1.24 bits per heavy atom. The van der Waals surface area contributed by atoms with Gasteiger partial charge < -0.3 is 5.32 Å². The van der Waals surface area contributed by atoms with Crippen molar-refractivity contribution in [3.8, 4) is 10.6 Å². The second-order valence-corrected chi connectivity index (χ2v) is 5.21. The number of halogens is 1. The molecule has 5 heteroatoms. The Hall–Kier alpha value is -0.970. The van der Waals surface area contributed by atoms with Crippen LogP contribution in [-0.2, 0) is 6.42 Å². The van der Waals surface area contributed by atoms with Crippen molar-refractivity contribution in [1.29, 1.82) is 0 Å². The molecule has 2 rings (SSSR count). The molecular formula is C12H14ClN3S. The predicted molar refractivity (Wildman–Crippen MR) is 72.6 cm³/mol. The third-order valence-corrected chi connectivity index (χ3v) is 3.66. The molecule has 0 fully saturated rings. The van der Waals surface area contributed by atoms with Gasteiger partial charge in [0.15, 0.2) is 0 Å². The van der Waals surface area contributed by atoms with Gasteiger partial charge in [-0.15, -0.1) is 10.2 Å². The van der Waals surface area contributed by atoms with E-state index in [4.69, 9.17) is 11.6 Å². The first-order valence-electron chi connectivity index (χ1n) is 5.52. The summed E-state index contributed by atoms with van der Waals surface area (Å²) < 4.78 is 0. The lowest BCUT2D eigenvalue weighted by Crippen LogP contribution is -2.08. The first-order chi connectivity index (χ1) is 8.29. The number of hydrogen-bond acceptors (Lipinski definition) is 4. The molecule has 17 heavy (non-hydrogen) atoms. The summed E-state index contributed by atoms with van der Waals surface area (Å²) in [5.41, 5.74) is 1.08. The lowest BCUT2D eigenvalue weighted by molar-refractivity contribution is 0.718. The summed E-state index contributed by atoms with van der Waals surface area (Å²) in [5, 5.41) is 14.3. The van der Waals surface area contributed by atoms with Crippen LogP contribution in [0.2, 0.25) is 5.02 Å². The van der Waals surface area contributed by atoms with Crippen molar-refractivity contribution in [3.05, 3.63) is 34.3 Å². The number of rotatable bonds is 5. The molecule has 0 spiro atoms. The van der Waals surface area contributed by atoms with Gasteiger partial charge in [0, 0.05) is 17.0 Å². The molecule has 1 heterocycles. The van der Waals surface area contributed by atoms with Crippen molar-refractivity contribution < 1.29 is 0 Å². The van der Waals surface area contributed by atoms with Crippen LogP contribution in [0, 0.1) is 0 Å². The quantitative estimate of drug-likeness (QED) is 0.847. The lowest BCUT2D eigenvalue weighted by Gasteiger charge is -1.95. The summed E-state index contributed by atoms with van der Waals surface area (Å²) in [6.45, 7) is 1.01. The van der Waals surface area contributed by atoms with E-state index in [0.717, 1.165) is 40.0 Å². The molecule has 0 aliphatic rings. The van der Waals surface area contributed by atoms with Crippen LogP contribution >= 0.6 is 22.9 Å². The van der Waals surface area contributed by atoms with Gasteiger partial charge in [-0.05, 0) is 32.1 Å². The molecule has 2 aromatic rings. The summed E-state index contributed by atoms with van der Waals surface area (Å²) in [7, 11) is 1.96. The molecule has 0 saturated heterocycles. The Kier molecular flexibility index (Phi) is 4.48. The standard InChI is InChI=1S/C12H14ClN3S/c1-14-8-2-3-11-15-16-12(17-11)9-4-6-10(13)7-5-9/h4-7,14H,2-3,8H2,1H3. The van der Waals surface area contributed by atoms with Gasteiger partial charge in [-0.3, -0.25) is 0 Å². The van der Waals surface area contributed by atoms with Crippen LogP contribution in [0.1, 0.15) is 11.4 Å². The molecule has 0 amide bonds. The highest BCUT2D eigenvalue weighted by molar-refractivity contribution is 7.14. The van der Waals surface area contributed by atoms with E-state index in [1.807, 2.05) is 31.3 Å². The Labute approximate surface area is 110 Å². The van der Waals surface area contributed by atoms with E-state index in [9.17, 15) is 0 Å². The molecule has 0 aliphatic carbocycles. The first kappa shape index (κ1) is 12.5. The van der Waals surface area contributed by atoms with Gasteiger partial charge in [0.25, 0.3) is 0 Å². The molecule has 1 N–H and O–H groups in total. The maximum Gasteiger partial charge on any atom is 0.147 e. The highest BCUT2D eigenvalue weighted by Crippen LogP contribution is 2.25. The average molecular weight is 268 g/mol. The molecule has 0 radical (unpaired) electrons. The van der Waals surface area contributed by atoms with E-state index in [2.05, 4.69) is 15.5 Å². The smallest absolute Gasteiger partial charge is 0.147 e. The number of benzene rings is 1. The fraction of sp³-hybridized carbons (Fsp3) is 0.333. The maximum absolute atomic E-state index is 5.85. The molecule has 1 aromatic carbocycles. The molecule has 0 unspecified atom stereocenters. The van der Waals surface area contributed by atoms with Crippen molar-refractivity contribution in [2.45, 2.75) is 12.8 Å². The summed E-state index contributed by atoms with van der Waals surface area (Å²) in [5.74, 6) is 0. The number of aryl methyl sites for hydroxylation is 1. The molecule has 1 aromatic heterocycles. The van der Waals surface area contributed by atoms with E-state index >= 15 is 0 Å². The Morgan fingerprint density at radius 3 is 2.71 bits per heavy atom. The Bertz CT molecular complexity index is 467. The SMILES string of the molecule is CNCCCc1nnc(-c2ccc(Cl)cc2)s1. The van der Waals surface area contributed by atoms with Gasteiger partial charge >= 0.3 is 0 Å². The van der Waals surface area contributed by atoms with Gasteiger partial charge in [0.1, 0.15) is 10.0 Å². The second-order valence-electron chi connectivity index (χ2n) is 3.71. The van der Waals surface area contributed by atoms with E-state index in [1.165, 1.54) is 0 Å². The van der Waals surface area contributed by atoms with Crippen LogP contribution < -0.4 is 5.32 Å². The predicted octanol–water partition coefficient (Wildman–Crippen LogP) is 3.01. The molecule has 90 valence electrons. The molecule has 0 saturated carbocycles. The minimum atomic E-state index is 0.743. The van der Waals surface area contributed by atoms with Gasteiger partial charge in [-0.1, -0.05) is 35.1 Å². The molecule has 0 aliphatic heterocycles. The lowest BCUT2D eigenvalue weighted by atomic mass is 10.2. The number of aromatic nitrogens is 2. The van der Waals surface area contributed by atoms with Gasteiger partial charge in [0.2, 0.25) is 0 Å². The largest absolute Gasteiger partial charge is 0.320 e. The fourth-order valence-electron chi connectivity index (χ4n) is 1.48. The summed E-state index contributed by atoms with van der Waals surface area (Å²) in [4.78, 5) is 0. The fourth-order valence-corrected chi connectivity index (χ4v) is 2.49. The molecule has 3 nitrogen and oxygen atoms in total. The van der Waals surface area contributed by atoms with E-state index < -0.39 is 0 Å². The Balaban J connectivity index is 2.04. The second kappa shape index (κ2) is 6.10. The van der Waals surface area contributed by atoms with Crippen LogP contribution in [-0.4, -0.2) is 23.8 Å². The van der Waals surface area contributed by atoms with Crippen LogP contribution in [0.3, 0.4) is 0 Å². The zero-order valence-corrected chi connectivity index (χ0v) is 11.2. The van der Waals surface area contributed by atoms with Gasteiger partial charge in [-0.2, -0.15) is 0 Å². The van der Waals surface area contributed by atoms with E-state index in [1.54, 1.807) is 11.3 Å². The minimum absolute atomic E-state index is 0.743. The topological polar surface area (TPSA) is 37.8 Å². The van der Waals surface area contributed by atoms with Crippen molar-refractivity contribution >= 4 is 22.9 Å². The van der Waals surface area contributed by atoms with Crippen molar-refractivity contribution in [3.63, 3.8) is 0 Å². The zero-order chi connectivity index (χ0) is 12.1. The van der Waals surface area contributed by atoms with Gasteiger partial charge in [0.05, 0.1) is 0 Å². The third kappa shape index (κ3) is 3.49. The number of hydrogen-bond donors (Lipinski definition) is 1.